The largest absolute Gasteiger partial charge is 0.416 e. The lowest BCUT2D eigenvalue weighted by Gasteiger charge is -2.16. The van der Waals surface area contributed by atoms with Crippen molar-refractivity contribution in [2.75, 3.05) is 5.32 Å². The van der Waals surface area contributed by atoms with Gasteiger partial charge in [-0.3, -0.25) is 9.20 Å². The molecule has 0 saturated carbocycles. The van der Waals surface area contributed by atoms with Crippen molar-refractivity contribution >= 4 is 50.4 Å². The van der Waals surface area contributed by atoms with Crippen LogP contribution >= 0.6 is 23.1 Å². The Morgan fingerprint density at radius 2 is 2.03 bits per heavy atom. The topological polar surface area (TPSA) is 59.3 Å². The van der Waals surface area contributed by atoms with E-state index in [1.165, 1.54) is 23.9 Å². The Labute approximate surface area is 178 Å². The average Bonchev–Trinajstić information content (AvgIpc) is 3.28. The molecule has 3 heterocycles. The molecule has 4 aromatic rings. The number of carbonyl (C=O) groups excluding carboxylic acids is 1. The average molecular weight is 451 g/mol. The minimum absolute atomic E-state index is 0.109. The van der Waals surface area contributed by atoms with E-state index in [1.54, 1.807) is 11.3 Å². The summed E-state index contributed by atoms with van der Waals surface area (Å²) < 4.78 is 41.9. The van der Waals surface area contributed by atoms with E-state index in [-0.39, 0.29) is 11.6 Å². The molecule has 0 spiro atoms. The van der Waals surface area contributed by atoms with Crippen molar-refractivity contribution in [2.24, 2.45) is 0 Å². The highest BCUT2D eigenvalue weighted by Crippen LogP contribution is 2.34. The fraction of sp³-hybridized carbons (Fsp3) is 0.250. The van der Waals surface area contributed by atoms with E-state index in [0.717, 1.165) is 33.7 Å². The van der Waals surface area contributed by atoms with Crippen LogP contribution in [0.5, 0.6) is 0 Å². The van der Waals surface area contributed by atoms with Gasteiger partial charge in [-0.15, -0.1) is 21.5 Å². The maximum absolute atomic E-state index is 12.9. The summed E-state index contributed by atoms with van der Waals surface area (Å²) in [7, 11) is 0. The number of alkyl halides is 3. The van der Waals surface area contributed by atoms with E-state index in [1.807, 2.05) is 35.8 Å². The van der Waals surface area contributed by atoms with Crippen molar-refractivity contribution in [3.8, 4) is 0 Å². The number of aromatic nitrogens is 3. The number of halogens is 3. The molecule has 0 saturated heterocycles. The molecule has 156 valence electrons. The Kier molecular flexibility index (Phi) is 5.46. The zero-order valence-electron chi connectivity index (χ0n) is 16.0. The lowest BCUT2D eigenvalue weighted by atomic mass is 10.2. The van der Waals surface area contributed by atoms with Crippen LogP contribution < -0.4 is 5.32 Å². The molecular formula is C20H17F3N4OS2. The van der Waals surface area contributed by atoms with Gasteiger partial charge in [-0.1, -0.05) is 24.8 Å². The van der Waals surface area contributed by atoms with Gasteiger partial charge in [0.1, 0.15) is 10.9 Å². The maximum Gasteiger partial charge on any atom is 0.416 e. The predicted octanol–water partition coefficient (Wildman–Crippen LogP) is 5.78. The number of thiophene rings is 1. The minimum atomic E-state index is -4.47. The third-order valence-electron chi connectivity index (χ3n) is 4.63. The molecule has 1 N–H and O–H groups in total. The first-order chi connectivity index (χ1) is 14.3. The summed E-state index contributed by atoms with van der Waals surface area (Å²) in [5, 5.41) is 13.2. The molecule has 10 heteroatoms. The Bertz CT molecular complexity index is 1230. The first-order valence-electron chi connectivity index (χ1n) is 9.14. The van der Waals surface area contributed by atoms with Gasteiger partial charge in [0, 0.05) is 5.69 Å². The Morgan fingerprint density at radius 1 is 1.23 bits per heavy atom. The van der Waals surface area contributed by atoms with E-state index < -0.39 is 17.0 Å². The highest BCUT2D eigenvalue weighted by molar-refractivity contribution is 8.00. The van der Waals surface area contributed by atoms with E-state index in [0.29, 0.717) is 11.4 Å². The number of hydrogen-bond donors (Lipinski definition) is 1. The third-order valence-corrected chi connectivity index (χ3v) is 6.82. The van der Waals surface area contributed by atoms with Gasteiger partial charge in [-0.05, 0) is 49.1 Å². The van der Waals surface area contributed by atoms with Crippen LogP contribution in [0.4, 0.5) is 18.9 Å². The highest BCUT2D eigenvalue weighted by Gasteiger charge is 2.31. The third kappa shape index (κ3) is 3.89. The normalized spacial score (nSPS) is 13.1. The van der Waals surface area contributed by atoms with Gasteiger partial charge in [0.2, 0.25) is 5.91 Å². The lowest BCUT2D eigenvalue weighted by molar-refractivity contribution is -0.137. The number of carbonyl (C=O) groups is 1. The summed E-state index contributed by atoms with van der Waals surface area (Å²) in [6, 6.07) is 8.64. The number of fused-ring (bicyclic) bond motifs is 3. The summed E-state index contributed by atoms with van der Waals surface area (Å²) in [5.41, 5.74) is 1.20. The summed E-state index contributed by atoms with van der Waals surface area (Å²) in [5.74, 6) is 0.361. The molecule has 3 aromatic heterocycles. The van der Waals surface area contributed by atoms with Crippen molar-refractivity contribution in [1.29, 1.82) is 0 Å². The van der Waals surface area contributed by atoms with Gasteiger partial charge in [-0.25, -0.2) is 0 Å². The Morgan fingerprint density at radius 3 is 2.77 bits per heavy atom. The number of thioether (sulfide) groups is 1. The van der Waals surface area contributed by atoms with Gasteiger partial charge < -0.3 is 5.32 Å². The van der Waals surface area contributed by atoms with Crippen LogP contribution in [-0.2, 0) is 11.0 Å². The zero-order chi connectivity index (χ0) is 21.5. The molecule has 30 heavy (non-hydrogen) atoms. The number of rotatable bonds is 5. The van der Waals surface area contributed by atoms with Crippen LogP contribution in [0, 0.1) is 6.92 Å². The van der Waals surface area contributed by atoms with Crippen molar-refractivity contribution < 1.29 is 18.0 Å². The van der Waals surface area contributed by atoms with Crippen LogP contribution in [0.15, 0.2) is 46.8 Å². The number of hydrogen-bond acceptors (Lipinski definition) is 5. The Hall–Kier alpha value is -2.59. The number of amides is 1. The molecule has 0 aliphatic carbocycles. The molecule has 1 atom stereocenters. The van der Waals surface area contributed by atoms with Crippen molar-refractivity contribution in [1.82, 2.24) is 14.6 Å². The fourth-order valence-electron chi connectivity index (χ4n) is 3.18. The first-order valence-corrected chi connectivity index (χ1v) is 10.9. The molecule has 0 bridgehead atoms. The quantitative estimate of drug-likeness (QED) is 0.392. The molecule has 0 aliphatic rings. The van der Waals surface area contributed by atoms with Crippen LogP contribution in [0.3, 0.4) is 0 Å². The van der Waals surface area contributed by atoms with Crippen molar-refractivity contribution in [3.63, 3.8) is 0 Å². The van der Waals surface area contributed by atoms with Gasteiger partial charge in [0.15, 0.2) is 0 Å². The van der Waals surface area contributed by atoms with Crippen molar-refractivity contribution in [3.05, 3.63) is 53.2 Å². The first kappa shape index (κ1) is 20.7. The predicted molar refractivity (Wildman–Crippen MR) is 113 cm³/mol. The summed E-state index contributed by atoms with van der Waals surface area (Å²) in [6.07, 6.45) is -3.99. The molecule has 1 aromatic carbocycles. The van der Waals surface area contributed by atoms with Crippen molar-refractivity contribution in [2.45, 2.75) is 36.7 Å². The number of benzene rings is 1. The molecular weight excluding hydrogens is 433 g/mol. The minimum Gasteiger partial charge on any atom is -0.325 e. The van der Waals surface area contributed by atoms with Crippen LogP contribution in [0.25, 0.3) is 15.7 Å². The van der Waals surface area contributed by atoms with Gasteiger partial charge in [0.05, 0.1) is 26.5 Å². The molecule has 1 amide bonds. The highest BCUT2D eigenvalue weighted by atomic mass is 32.2. The number of anilines is 1. The monoisotopic (exact) mass is 450 g/mol. The Balaban J connectivity index is 1.59. The van der Waals surface area contributed by atoms with Crippen LogP contribution in [0.2, 0.25) is 0 Å². The SMILES string of the molecule is CC[C@H](Sc1nnc(C)n2c1cc1sccc12)C(=O)Nc1cccc(C(F)(F)F)c1. The standard InChI is InChI=1S/C20H17F3N4OS2/c1-3-16(18(28)24-13-6-4-5-12(9-13)20(21,22)23)30-19-15-10-17-14(7-8-29-17)27(15)11(2)25-26-19/h4-10,16H,3H2,1-2H3,(H,24,28)/t16-/m0/s1. The fourth-order valence-corrected chi connectivity index (χ4v) is 4.95. The zero-order valence-corrected chi connectivity index (χ0v) is 17.7. The maximum atomic E-state index is 12.9. The van der Waals surface area contributed by atoms with E-state index >= 15 is 0 Å². The second-order valence-corrected chi connectivity index (χ2v) is 8.81. The van der Waals surface area contributed by atoms with Gasteiger partial charge in [-0.2, -0.15) is 13.2 Å². The molecule has 0 radical (unpaired) electrons. The van der Waals surface area contributed by atoms with E-state index in [4.69, 9.17) is 0 Å². The van der Waals surface area contributed by atoms with Crippen LogP contribution in [0.1, 0.15) is 24.7 Å². The van der Waals surface area contributed by atoms with E-state index in [9.17, 15) is 18.0 Å². The molecule has 0 aliphatic heterocycles. The number of nitrogens with one attached hydrogen (secondary N) is 1. The molecule has 0 fully saturated rings. The number of nitrogens with zero attached hydrogens (tertiary/aromatic N) is 3. The van der Waals surface area contributed by atoms with Crippen LogP contribution in [-0.4, -0.2) is 25.8 Å². The summed E-state index contributed by atoms with van der Waals surface area (Å²) in [6.45, 7) is 3.71. The smallest absolute Gasteiger partial charge is 0.325 e. The summed E-state index contributed by atoms with van der Waals surface area (Å²) in [4.78, 5) is 12.8. The van der Waals surface area contributed by atoms with Gasteiger partial charge >= 0.3 is 6.18 Å². The molecule has 4 rings (SSSR count). The lowest BCUT2D eigenvalue weighted by Crippen LogP contribution is -2.25. The van der Waals surface area contributed by atoms with E-state index in [2.05, 4.69) is 15.5 Å². The van der Waals surface area contributed by atoms with Gasteiger partial charge in [0.25, 0.3) is 0 Å². The summed E-state index contributed by atoms with van der Waals surface area (Å²) >= 11 is 2.87. The second kappa shape index (κ2) is 7.92. The molecule has 0 unspecified atom stereocenters. The second-order valence-electron chi connectivity index (χ2n) is 6.67. The molecule has 5 nitrogen and oxygen atoms in total. The number of aryl methyl sites for hydroxylation is 1.